The van der Waals surface area contributed by atoms with E-state index in [2.05, 4.69) is 11.8 Å². The molecule has 0 saturated heterocycles. The molecule has 0 saturated carbocycles. The summed E-state index contributed by atoms with van der Waals surface area (Å²) >= 11 is 0. The standard InChI is InChI=1S/C26H36O4/c1-7-16-26(5,6)17-15-23(27)22(19-24(28)30-25(2,3)4)14-11-18-29-20-21-12-9-8-10-13-21/h7-10,12-13,16,22H,11,14,18-20H2,1-6H3/b16-7-. The van der Waals surface area contributed by atoms with Crippen LogP contribution in [0, 0.1) is 23.2 Å². The van der Waals surface area contributed by atoms with E-state index >= 15 is 0 Å². The van der Waals surface area contributed by atoms with Crippen molar-refractivity contribution in [3.8, 4) is 11.8 Å². The zero-order valence-electron chi connectivity index (χ0n) is 19.3. The highest BCUT2D eigenvalue weighted by Crippen LogP contribution is 2.19. The molecule has 0 N–H and O–H groups in total. The molecule has 0 radical (unpaired) electrons. The molecule has 0 aliphatic carbocycles. The first-order valence-corrected chi connectivity index (χ1v) is 10.6. The number of rotatable bonds is 10. The number of hydrogen-bond donors (Lipinski definition) is 0. The molecular weight excluding hydrogens is 376 g/mol. The molecule has 0 amide bonds. The van der Waals surface area contributed by atoms with Crippen molar-refractivity contribution in [3.05, 3.63) is 48.0 Å². The summed E-state index contributed by atoms with van der Waals surface area (Å²) in [4.78, 5) is 25.0. The van der Waals surface area contributed by atoms with Gasteiger partial charge in [-0.15, -0.1) is 0 Å². The van der Waals surface area contributed by atoms with Crippen molar-refractivity contribution in [2.24, 2.45) is 11.3 Å². The maximum atomic E-state index is 12.7. The molecule has 0 heterocycles. The van der Waals surface area contributed by atoms with E-state index in [9.17, 15) is 9.59 Å². The van der Waals surface area contributed by atoms with Crippen LogP contribution in [0.2, 0.25) is 0 Å². The van der Waals surface area contributed by atoms with Gasteiger partial charge in [-0.3, -0.25) is 9.59 Å². The van der Waals surface area contributed by atoms with Gasteiger partial charge in [-0.25, -0.2) is 0 Å². The van der Waals surface area contributed by atoms with E-state index in [1.54, 1.807) is 0 Å². The first kappa shape index (κ1) is 25.7. The van der Waals surface area contributed by atoms with E-state index in [0.29, 0.717) is 26.1 Å². The molecule has 1 atom stereocenters. The summed E-state index contributed by atoms with van der Waals surface area (Å²) in [6.45, 7) is 12.3. The summed E-state index contributed by atoms with van der Waals surface area (Å²) in [5.74, 6) is 4.68. The Labute approximate surface area is 182 Å². The number of ketones is 1. The first-order chi connectivity index (χ1) is 14.0. The Kier molecular flexibility index (Phi) is 10.6. The number of allylic oxidation sites excluding steroid dienone is 2. The van der Waals surface area contributed by atoms with Gasteiger partial charge in [-0.05, 0) is 65.9 Å². The Bertz CT molecular complexity index is 758. The fourth-order valence-corrected chi connectivity index (χ4v) is 2.89. The summed E-state index contributed by atoms with van der Waals surface area (Å²) in [5, 5.41) is 0. The third-order valence-electron chi connectivity index (χ3n) is 4.25. The zero-order chi connectivity index (χ0) is 22.6. The van der Waals surface area contributed by atoms with Crippen LogP contribution in [0.15, 0.2) is 42.5 Å². The van der Waals surface area contributed by atoms with Gasteiger partial charge >= 0.3 is 5.97 Å². The average Bonchev–Trinajstić information content (AvgIpc) is 2.64. The Morgan fingerprint density at radius 2 is 1.77 bits per heavy atom. The van der Waals surface area contributed by atoms with E-state index in [1.807, 2.05) is 84.0 Å². The second kappa shape index (κ2) is 12.3. The second-order valence-corrected chi connectivity index (χ2v) is 9.00. The van der Waals surface area contributed by atoms with E-state index < -0.39 is 11.5 Å². The summed E-state index contributed by atoms with van der Waals surface area (Å²) < 4.78 is 11.1. The minimum atomic E-state index is -0.580. The number of Topliss-reactive ketones (excluding diaryl/α,β-unsaturated/α-hetero) is 1. The van der Waals surface area contributed by atoms with Gasteiger partial charge in [0.15, 0.2) is 0 Å². The Hall–Kier alpha value is -2.38. The molecule has 30 heavy (non-hydrogen) atoms. The molecule has 0 aliphatic rings. The first-order valence-electron chi connectivity index (χ1n) is 10.6. The van der Waals surface area contributed by atoms with Crippen LogP contribution in [-0.4, -0.2) is 24.0 Å². The quantitative estimate of drug-likeness (QED) is 0.167. The molecule has 0 spiro atoms. The van der Waals surface area contributed by atoms with Gasteiger partial charge in [0.25, 0.3) is 0 Å². The summed E-state index contributed by atoms with van der Waals surface area (Å²) in [7, 11) is 0. The van der Waals surface area contributed by atoms with Gasteiger partial charge in [0.05, 0.1) is 13.0 Å². The molecule has 4 nitrogen and oxygen atoms in total. The number of esters is 1. The van der Waals surface area contributed by atoms with E-state index in [4.69, 9.17) is 9.47 Å². The highest BCUT2D eigenvalue weighted by molar-refractivity contribution is 5.99. The molecule has 0 aromatic heterocycles. The minimum absolute atomic E-state index is 0.0352. The van der Waals surface area contributed by atoms with Gasteiger partial charge < -0.3 is 9.47 Å². The Morgan fingerprint density at radius 3 is 2.37 bits per heavy atom. The normalized spacial score (nSPS) is 12.9. The molecule has 1 aromatic rings. The maximum absolute atomic E-state index is 12.7. The van der Waals surface area contributed by atoms with Gasteiger partial charge in [0, 0.05) is 17.9 Å². The Morgan fingerprint density at radius 1 is 1.10 bits per heavy atom. The molecule has 1 aromatic carbocycles. The molecule has 4 heteroatoms. The third kappa shape index (κ3) is 11.6. The van der Waals surface area contributed by atoms with Crippen molar-refractivity contribution in [1.82, 2.24) is 0 Å². The van der Waals surface area contributed by atoms with E-state index in [-0.39, 0.29) is 23.6 Å². The second-order valence-electron chi connectivity index (χ2n) is 9.00. The lowest BCUT2D eigenvalue weighted by Gasteiger charge is -2.21. The SMILES string of the molecule is C/C=C\C(C)(C)C#CC(=O)C(CCCOCc1ccccc1)CC(=O)OC(C)(C)C. The Balaban J connectivity index is 2.68. The fourth-order valence-electron chi connectivity index (χ4n) is 2.89. The highest BCUT2D eigenvalue weighted by Gasteiger charge is 2.24. The third-order valence-corrected chi connectivity index (χ3v) is 4.25. The van der Waals surface area contributed by atoms with Gasteiger partial charge in [-0.1, -0.05) is 48.4 Å². The van der Waals surface area contributed by atoms with Crippen LogP contribution in [0.1, 0.15) is 66.4 Å². The monoisotopic (exact) mass is 412 g/mol. The molecular formula is C26H36O4. The molecule has 1 rings (SSSR count). The van der Waals surface area contributed by atoms with E-state index in [0.717, 1.165) is 5.56 Å². The van der Waals surface area contributed by atoms with Crippen molar-refractivity contribution >= 4 is 11.8 Å². The predicted octanol–water partition coefficient (Wildman–Crippen LogP) is 5.51. The van der Waals surface area contributed by atoms with Crippen molar-refractivity contribution < 1.29 is 19.1 Å². The van der Waals surface area contributed by atoms with Gasteiger partial charge in [-0.2, -0.15) is 0 Å². The molecule has 0 fully saturated rings. The number of carbonyl (C=O) groups excluding carboxylic acids is 2. The molecule has 1 unspecified atom stereocenters. The summed E-state index contributed by atoms with van der Waals surface area (Å²) in [6.07, 6.45) is 5.11. The van der Waals surface area contributed by atoms with E-state index in [1.165, 1.54) is 0 Å². The molecule has 164 valence electrons. The van der Waals surface area contributed by atoms with Crippen LogP contribution in [0.3, 0.4) is 0 Å². The minimum Gasteiger partial charge on any atom is -0.460 e. The zero-order valence-corrected chi connectivity index (χ0v) is 19.3. The van der Waals surface area contributed by atoms with Crippen LogP contribution in [0.5, 0.6) is 0 Å². The van der Waals surface area contributed by atoms with Crippen molar-refractivity contribution in [3.63, 3.8) is 0 Å². The van der Waals surface area contributed by atoms with Gasteiger partial charge in [0.1, 0.15) is 5.60 Å². The number of hydrogen-bond acceptors (Lipinski definition) is 4. The number of benzene rings is 1. The summed E-state index contributed by atoms with van der Waals surface area (Å²) in [6, 6.07) is 9.94. The van der Waals surface area contributed by atoms with Crippen molar-refractivity contribution in [1.29, 1.82) is 0 Å². The van der Waals surface area contributed by atoms with Crippen molar-refractivity contribution in [2.75, 3.05) is 6.61 Å². The lowest BCUT2D eigenvalue weighted by atomic mass is 9.91. The maximum Gasteiger partial charge on any atom is 0.307 e. The van der Waals surface area contributed by atoms with Crippen LogP contribution in [0.4, 0.5) is 0 Å². The number of carbonyl (C=O) groups is 2. The summed E-state index contributed by atoms with van der Waals surface area (Å²) in [5.41, 5.74) is 0.138. The van der Waals surface area contributed by atoms with Crippen LogP contribution < -0.4 is 0 Å². The highest BCUT2D eigenvalue weighted by atomic mass is 16.6. The molecule has 0 aliphatic heterocycles. The lowest BCUT2D eigenvalue weighted by molar-refractivity contribution is -0.157. The van der Waals surface area contributed by atoms with Gasteiger partial charge in [0.2, 0.25) is 5.78 Å². The smallest absolute Gasteiger partial charge is 0.307 e. The van der Waals surface area contributed by atoms with Crippen LogP contribution >= 0.6 is 0 Å². The number of ether oxygens (including phenoxy) is 2. The average molecular weight is 413 g/mol. The topological polar surface area (TPSA) is 52.6 Å². The van der Waals surface area contributed by atoms with Crippen LogP contribution in [0.25, 0.3) is 0 Å². The van der Waals surface area contributed by atoms with Crippen molar-refractivity contribution in [2.45, 2.75) is 73.0 Å². The lowest BCUT2D eigenvalue weighted by Crippen LogP contribution is -2.27. The fraction of sp³-hybridized carbons (Fsp3) is 0.538. The largest absolute Gasteiger partial charge is 0.460 e. The molecule has 0 bridgehead atoms. The predicted molar refractivity (Wildman–Crippen MR) is 121 cm³/mol. The van der Waals surface area contributed by atoms with Crippen LogP contribution in [-0.2, 0) is 25.7 Å².